The number of amides is 2. The molecule has 1 heterocycles. The molecule has 110 valence electrons. The standard InChI is InChI=1S/C12H19F3N2O2/c1-11(2,3)7-17-6-8(4-10(17)19)16-9(18)5-12(13,14)15/h8H,4-7H2,1-3H3,(H,16,18). The van der Waals surface area contributed by atoms with Crippen LogP contribution in [0.4, 0.5) is 13.2 Å². The lowest BCUT2D eigenvalue weighted by Crippen LogP contribution is -2.40. The minimum atomic E-state index is -4.52. The Bertz CT molecular complexity index is 361. The quantitative estimate of drug-likeness (QED) is 0.855. The van der Waals surface area contributed by atoms with Gasteiger partial charge in [-0.05, 0) is 5.41 Å². The first-order valence-corrected chi connectivity index (χ1v) is 6.10. The van der Waals surface area contributed by atoms with Gasteiger partial charge in [0, 0.05) is 19.5 Å². The average molecular weight is 280 g/mol. The Balaban J connectivity index is 2.47. The highest BCUT2D eigenvalue weighted by atomic mass is 19.4. The average Bonchev–Trinajstić information content (AvgIpc) is 2.39. The van der Waals surface area contributed by atoms with Gasteiger partial charge in [-0.15, -0.1) is 0 Å². The SMILES string of the molecule is CC(C)(C)CN1CC(NC(=O)CC(F)(F)F)CC1=O. The third kappa shape index (κ3) is 5.94. The van der Waals surface area contributed by atoms with Crippen molar-refractivity contribution in [2.45, 2.75) is 45.8 Å². The second-order valence-electron chi connectivity index (χ2n) is 6.10. The number of alkyl halides is 3. The molecule has 0 radical (unpaired) electrons. The van der Waals surface area contributed by atoms with Crippen LogP contribution in [0.5, 0.6) is 0 Å². The van der Waals surface area contributed by atoms with E-state index in [4.69, 9.17) is 0 Å². The van der Waals surface area contributed by atoms with E-state index in [1.165, 1.54) is 0 Å². The highest BCUT2D eigenvalue weighted by Gasteiger charge is 2.36. The van der Waals surface area contributed by atoms with Crippen molar-refractivity contribution in [2.75, 3.05) is 13.1 Å². The normalized spacial score (nSPS) is 20.8. The number of nitrogens with zero attached hydrogens (tertiary/aromatic N) is 1. The van der Waals surface area contributed by atoms with Crippen molar-refractivity contribution < 1.29 is 22.8 Å². The molecule has 4 nitrogen and oxygen atoms in total. The maximum Gasteiger partial charge on any atom is 0.397 e. The summed E-state index contributed by atoms with van der Waals surface area (Å²) >= 11 is 0. The molecule has 0 aromatic rings. The molecule has 0 aliphatic carbocycles. The largest absolute Gasteiger partial charge is 0.397 e. The molecule has 0 bridgehead atoms. The molecule has 1 aliphatic rings. The summed E-state index contributed by atoms with van der Waals surface area (Å²) in [5.74, 6) is -1.21. The second kappa shape index (κ2) is 5.38. The van der Waals surface area contributed by atoms with E-state index in [1.807, 2.05) is 20.8 Å². The number of hydrogen-bond acceptors (Lipinski definition) is 2. The zero-order chi connectivity index (χ0) is 14.8. The van der Waals surface area contributed by atoms with E-state index in [0.29, 0.717) is 6.54 Å². The number of rotatable bonds is 3. The molecule has 0 saturated carbocycles. The van der Waals surface area contributed by atoms with Gasteiger partial charge in [0.05, 0.1) is 6.04 Å². The first-order chi connectivity index (χ1) is 8.46. The van der Waals surface area contributed by atoms with Gasteiger partial charge in [-0.2, -0.15) is 13.2 Å². The minimum absolute atomic E-state index is 0.0691. The molecule has 0 spiro atoms. The van der Waals surface area contributed by atoms with E-state index in [1.54, 1.807) is 4.90 Å². The number of carbonyl (C=O) groups excluding carboxylic acids is 2. The molecular weight excluding hydrogens is 261 g/mol. The van der Waals surface area contributed by atoms with Crippen molar-refractivity contribution in [2.24, 2.45) is 5.41 Å². The Morgan fingerprint density at radius 2 is 1.95 bits per heavy atom. The van der Waals surface area contributed by atoms with Gasteiger partial charge in [-0.25, -0.2) is 0 Å². The monoisotopic (exact) mass is 280 g/mol. The smallest absolute Gasteiger partial charge is 0.351 e. The van der Waals surface area contributed by atoms with Gasteiger partial charge in [-0.3, -0.25) is 9.59 Å². The summed E-state index contributed by atoms with van der Waals surface area (Å²) in [4.78, 5) is 24.4. The fourth-order valence-electron chi connectivity index (χ4n) is 2.06. The van der Waals surface area contributed by atoms with E-state index < -0.39 is 24.5 Å². The fourth-order valence-corrected chi connectivity index (χ4v) is 2.06. The van der Waals surface area contributed by atoms with Crippen LogP contribution in [-0.4, -0.2) is 42.0 Å². The van der Waals surface area contributed by atoms with E-state index >= 15 is 0 Å². The van der Waals surface area contributed by atoms with Gasteiger partial charge < -0.3 is 10.2 Å². The molecule has 1 atom stereocenters. The molecule has 0 aromatic carbocycles. The Morgan fingerprint density at radius 1 is 1.37 bits per heavy atom. The topological polar surface area (TPSA) is 49.4 Å². The molecule has 2 amide bonds. The molecule has 1 unspecified atom stereocenters. The van der Waals surface area contributed by atoms with Crippen molar-refractivity contribution in [1.29, 1.82) is 0 Å². The second-order valence-corrected chi connectivity index (χ2v) is 6.10. The lowest BCUT2D eigenvalue weighted by Gasteiger charge is -2.26. The highest BCUT2D eigenvalue weighted by molar-refractivity contribution is 5.82. The van der Waals surface area contributed by atoms with Crippen LogP contribution >= 0.6 is 0 Å². The van der Waals surface area contributed by atoms with Crippen molar-refractivity contribution in [3.05, 3.63) is 0 Å². The molecule has 19 heavy (non-hydrogen) atoms. The Kier molecular flexibility index (Phi) is 4.47. The fraction of sp³-hybridized carbons (Fsp3) is 0.833. The van der Waals surface area contributed by atoms with Gasteiger partial charge in [0.1, 0.15) is 6.42 Å². The summed E-state index contributed by atoms with van der Waals surface area (Å²) < 4.78 is 36.1. The zero-order valence-corrected chi connectivity index (χ0v) is 11.3. The number of nitrogens with one attached hydrogen (secondary N) is 1. The number of likely N-dealkylation sites (tertiary alicyclic amines) is 1. The molecule has 1 aliphatic heterocycles. The Labute approximate surface area is 110 Å². The molecular formula is C12H19F3N2O2. The summed E-state index contributed by atoms with van der Waals surface area (Å²) in [6, 6.07) is -0.523. The summed E-state index contributed by atoms with van der Waals surface area (Å²) in [5, 5.41) is 2.26. The maximum atomic E-state index is 12.0. The Hall–Kier alpha value is -1.27. The number of carbonyl (C=O) groups is 2. The lowest BCUT2D eigenvalue weighted by atomic mass is 9.96. The maximum absolute atomic E-state index is 12.0. The van der Waals surface area contributed by atoms with Gasteiger partial charge >= 0.3 is 6.18 Å². The molecule has 7 heteroatoms. The van der Waals surface area contributed by atoms with Gasteiger partial charge in [0.2, 0.25) is 11.8 Å². The summed E-state index contributed by atoms with van der Waals surface area (Å²) in [7, 11) is 0. The zero-order valence-electron chi connectivity index (χ0n) is 11.3. The molecule has 1 fully saturated rings. The van der Waals surface area contributed by atoms with Crippen LogP contribution in [0.2, 0.25) is 0 Å². The van der Waals surface area contributed by atoms with E-state index in [-0.39, 0.29) is 24.3 Å². The van der Waals surface area contributed by atoms with Gasteiger partial charge in [0.25, 0.3) is 0 Å². The molecule has 1 N–H and O–H groups in total. The third-order valence-electron chi connectivity index (χ3n) is 2.61. The van der Waals surface area contributed by atoms with E-state index in [9.17, 15) is 22.8 Å². The summed E-state index contributed by atoms with van der Waals surface area (Å²) in [6.45, 7) is 6.71. The molecule has 0 aromatic heterocycles. The molecule has 1 saturated heterocycles. The lowest BCUT2D eigenvalue weighted by molar-refractivity contribution is -0.154. The van der Waals surface area contributed by atoms with Gasteiger partial charge in [0.15, 0.2) is 0 Å². The van der Waals surface area contributed by atoms with Crippen molar-refractivity contribution in [3.8, 4) is 0 Å². The first kappa shape index (κ1) is 15.8. The van der Waals surface area contributed by atoms with Crippen LogP contribution in [-0.2, 0) is 9.59 Å². The summed E-state index contributed by atoms with van der Waals surface area (Å²) in [6.07, 6.45) is -5.95. The minimum Gasteiger partial charge on any atom is -0.351 e. The third-order valence-corrected chi connectivity index (χ3v) is 2.61. The molecule has 1 rings (SSSR count). The summed E-state index contributed by atoms with van der Waals surface area (Å²) in [5.41, 5.74) is -0.0828. The predicted octanol–water partition coefficient (Wildman–Crippen LogP) is 1.70. The van der Waals surface area contributed by atoms with Crippen LogP contribution in [0.1, 0.15) is 33.6 Å². The predicted molar refractivity (Wildman–Crippen MR) is 63.3 cm³/mol. The first-order valence-electron chi connectivity index (χ1n) is 6.10. The van der Waals surface area contributed by atoms with Crippen LogP contribution in [0.25, 0.3) is 0 Å². The van der Waals surface area contributed by atoms with E-state index in [2.05, 4.69) is 5.32 Å². The highest BCUT2D eigenvalue weighted by Crippen LogP contribution is 2.22. The van der Waals surface area contributed by atoms with Crippen LogP contribution in [0.15, 0.2) is 0 Å². The van der Waals surface area contributed by atoms with Crippen LogP contribution in [0.3, 0.4) is 0 Å². The van der Waals surface area contributed by atoms with Crippen LogP contribution < -0.4 is 5.32 Å². The Morgan fingerprint density at radius 3 is 2.42 bits per heavy atom. The van der Waals surface area contributed by atoms with Crippen molar-refractivity contribution >= 4 is 11.8 Å². The number of halogens is 3. The van der Waals surface area contributed by atoms with Crippen LogP contribution in [0, 0.1) is 5.41 Å². The van der Waals surface area contributed by atoms with Crippen molar-refractivity contribution in [3.63, 3.8) is 0 Å². The van der Waals surface area contributed by atoms with Gasteiger partial charge in [-0.1, -0.05) is 20.8 Å². The van der Waals surface area contributed by atoms with Crippen molar-refractivity contribution in [1.82, 2.24) is 10.2 Å². The number of hydrogen-bond donors (Lipinski definition) is 1. The van der Waals surface area contributed by atoms with E-state index in [0.717, 1.165) is 0 Å².